The fourth-order valence-electron chi connectivity index (χ4n) is 1.28. The van der Waals surface area contributed by atoms with Gasteiger partial charge in [0.25, 0.3) is 0 Å². The molecule has 86 valence electrons. The number of halogens is 2. The van der Waals surface area contributed by atoms with Gasteiger partial charge in [0, 0.05) is 9.86 Å². The van der Waals surface area contributed by atoms with Crippen LogP contribution in [0, 0.1) is 5.82 Å². The average Bonchev–Trinajstić information content (AvgIpc) is 2.64. The Kier molecular flexibility index (Phi) is 4.06. The maximum Gasteiger partial charge on any atom is 0.352 e. The average molecular weight is 288 g/mol. The molecule has 2 rings (SSSR count). The summed E-state index contributed by atoms with van der Waals surface area (Å²) in [6.45, 7) is 4.00. The van der Waals surface area contributed by atoms with Gasteiger partial charge in [-0.05, 0) is 34.1 Å². The maximum absolute atomic E-state index is 12.9. The lowest BCUT2D eigenvalue weighted by Crippen LogP contribution is -1.94. The van der Waals surface area contributed by atoms with E-state index in [2.05, 4.69) is 20.9 Å². The summed E-state index contributed by atoms with van der Waals surface area (Å²) >= 11 is 3.16. The summed E-state index contributed by atoms with van der Waals surface area (Å²) in [5.74, 6) is -1.48. The van der Waals surface area contributed by atoms with Crippen molar-refractivity contribution in [2.24, 2.45) is 0 Å². The van der Waals surface area contributed by atoms with Crippen molar-refractivity contribution in [3.8, 4) is 0 Å². The zero-order chi connectivity index (χ0) is 12.3. The number of hydrogen-bond acceptors (Lipinski definition) is 1. The van der Waals surface area contributed by atoms with Crippen molar-refractivity contribution < 1.29 is 14.3 Å². The highest BCUT2D eigenvalue weighted by Crippen LogP contribution is 2.25. The van der Waals surface area contributed by atoms with Crippen LogP contribution >= 0.6 is 15.9 Å². The number of carboxylic acid groups (broad SMARTS) is 1. The number of fused-ring (bicyclic) bond motifs is 1. The van der Waals surface area contributed by atoms with E-state index in [0.717, 1.165) is 0 Å². The number of carboxylic acids is 1. The van der Waals surface area contributed by atoms with Crippen LogP contribution in [0.5, 0.6) is 0 Å². The van der Waals surface area contributed by atoms with E-state index in [4.69, 9.17) is 5.11 Å². The smallest absolute Gasteiger partial charge is 0.352 e. The second-order valence-corrected chi connectivity index (χ2v) is 3.69. The molecule has 0 radical (unpaired) electrons. The van der Waals surface area contributed by atoms with Crippen LogP contribution in [-0.4, -0.2) is 16.1 Å². The quantitative estimate of drug-likeness (QED) is 0.838. The molecule has 0 bridgehead atoms. The van der Waals surface area contributed by atoms with Gasteiger partial charge in [0.1, 0.15) is 11.5 Å². The van der Waals surface area contributed by atoms with Gasteiger partial charge >= 0.3 is 5.97 Å². The minimum Gasteiger partial charge on any atom is -0.477 e. The van der Waals surface area contributed by atoms with Crippen molar-refractivity contribution in [3.05, 3.63) is 34.2 Å². The lowest BCUT2D eigenvalue weighted by molar-refractivity contribution is 0.0691. The first-order valence-corrected chi connectivity index (χ1v) is 5.58. The van der Waals surface area contributed by atoms with Gasteiger partial charge in [-0.25, -0.2) is 9.18 Å². The number of hydrogen-bond donors (Lipinski definition) is 2. The van der Waals surface area contributed by atoms with Gasteiger partial charge in [0.15, 0.2) is 0 Å². The fourth-order valence-corrected chi connectivity index (χ4v) is 1.82. The molecule has 1 heterocycles. The van der Waals surface area contributed by atoms with Crippen molar-refractivity contribution in [1.29, 1.82) is 0 Å². The monoisotopic (exact) mass is 287 g/mol. The van der Waals surface area contributed by atoms with Crippen LogP contribution in [0.3, 0.4) is 0 Å². The first-order valence-electron chi connectivity index (χ1n) is 4.79. The molecule has 16 heavy (non-hydrogen) atoms. The molecule has 0 atom stereocenters. The molecule has 1 aromatic heterocycles. The van der Waals surface area contributed by atoms with Crippen molar-refractivity contribution in [2.75, 3.05) is 0 Å². The number of aromatic amines is 1. The third-order valence-electron chi connectivity index (χ3n) is 1.88. The number of H-pyrrole nitrogens is 1. The standard InChI is InChI=1S/C9H5BrFNO2.C2H6/c10-6-1-4(11)2-7-5(6)3-8(12-7)9(13)14;1-2/h1-3,12H,(H,13,14);1-2H3. The third-order valence-corrected chi connectivity index (χ3v) is 2.54. The number of carbonyl (C=O) groups is 1. The largest absolute Gasteiger partial charge is 0.477 e. The number of nitrogens with one attached hydrogen (secondary N) is 1. The zero-order valence-corrected chi connectivity index (χ0v) is 10.4. The molecule has 0 aliphatic carbocycles. The molecule has 0 fully saturated rings. The van der Waals surface area contributed by atoms with Crippen LogP contribution in [0.25, 0.3) is 10.9 Å². The Morgan fingerprint density at radius 1 is 1.38 bits per heavy atom. The maximum atomic E-state index is 12.9. The van der Waals surface area contributed by atoms with E-state index in [0.29, 0.717) is 15.4 Å². The highest BCUT2D eigenvalue weighted by atomic mass is 79.9. The van der Waals surface area contributed by atoms with E-state index in [1.165, 1.54) is 18.2 Å². The van der Waals surface area contributed by atoms with Crippen LogP contribution in [-0.2, 0) is 0 Å². The van der Waals surface area contributed by atoms with E-state index in [9.17, 15) is 9.18 Å². The minimum absolute atomic E-state index is 0.0475. The number of rotatable bonds is 1. The van der Waals surface area contributed by atoms with E-state index < -0.39 is 11.8 Å². The highest BCUT2D eigenvalue weighted by molar-refractivity contribution is 9.10. The molecule has 5 heteroatoms. The van der Waals surface area contributed by atoms with Crippen molar-refractivity contribution in [2.45, 2.75) is 13.8 Å². The molecule has 0 saturated heterocycles. The first-order chi connectivity index (χ1) is 7.58. The van der Waals surface area contributed by atoms with Crippen LogP contribution in [0.15, 0.2) is 22.7 Å². The van der Waals surface area contributed by atoms with Gasteiger partial charge in [-0.1, -0.05) is 13.8 Å². The summed E-state index contributed by atoms with van der Waals surface area (Å²) in [5.41, 5.74) is 0.514. The van der Waals surface area contributed by atoms with Crippen molar-refractivity contribution in [3.63, 3.8) is 0 Å². The normalized spacial score (nSPS) is 9.75. The summed E-state index contributed by atoms with van der Waals surface area (Å²) in [5, 5.41) is 9.36. The molecule has 0 aliphatic heterocycles. The van der Waals surface area contributed by atoms with Crippen molar-refractivity contribution >= 4 is 32.8 Å². The van der Waals surface area contributed by atoms with Crippen LogP contribution in [0.4, 0.5) is 4.39 Å². The van der Waals surface area contributed by atoms with Crippen LogP contribution < -0.4 is 0 Å². The molecule has 0 aliphatic rings. The molecule has 0 unspecified atom stereocenters. The number of aromatic nitrogens is 1. The van der Waals surface area contributed by atoms with Gasteiger partial charge in [-0.2, -0.15) is 0 Å². The topological polar surface area (TPSA) is 53.1 Å². The summed E-state index contributed by atoms with van der Waals surface area (Å²) in [6, 6.07) is 4.01. The molecule has 0 spiro atoms. The summed E-state index contributed by atoms with van der Waals surface area (Å²) < 4.78 is 13.4. The zero-order valence-electron chi connectivity index (χ0n) is 8.84. The highest BCUT2D eigenvalue weighted by Gasteiger charge is 2.10. The van der Waals surface area contributed by atoms with E-state index in [1.807, 2.05) is 13.8 Å². The Labute approximate surface area is 100 Å². The predicted octanol–water partition coefficient (Wildman–Crippen LogP) is 3.79. The van der Waals surface area contributed by atoms with E-state index >= 15 is 0 Å². The van der Waals surface area contributed by atoms with Crippen molar-refractivity contribution in [1.82, 2.24) is 4.98 Å². The Morgan fingerprint density at radius 3 is 2.56 bits per heavy atom. The number of benzene rings is 1. The van der Waals surface area contributed by atoms with Crippen LogP contribution in [0.1, 0.15) is 24.3 Å². The second-order valence-electron chi connectivity index (χ2n) is 2.84. The molecule has 3 nitrogen and oxygen atoms in total. The van der Waals surface area contributed by atoms with Gasteiger partial charge < -0.3 is 10.1 Å². The van der Waals surface area contributed by atoms with E-state index in [-0.39, 0.29) is 5.69 Å². The fraction of sp³-hybridized carbons (Fsp3) is 0.182. The minimum atomic E-state index is -1.06. The molecule has 2 aromatic rings. The molecular weight excluding hydrogens is 277 g/mol. The molecule has 0 amide bonds. The Morgan fingerprint density at radius 2 is 2.00 bits per heavy atom. The first kappa shape index (κ1) is 12.7. The van der Waals surface area contributed by atoms with Gasteiger partial charge in [0.05, 0.1) is 5.52 Å². The summed E-state index contributed by atoms with van der Waals surface area (Å²) in [7, 11) is 0. The second kappa shape index (κ2) is 5.12. The van der Waals surface area contributed by atoms with Gasteiger partial charge in [0.2, 0.25) is 0 Å². The van der Waals surface area contributed by atoms with Gasteiger partial charge in [-0.3, -0.25) is 0 Å². The Hall–Kier alpha value is -1.36. The third kappa shape index (κ3) is 2.41. The lowest BCUT2D eigenvalue weighted by atomic mass is 10.2. The van der Waals surface area contributed by atoms with Gasteiger partial charge in [-0.15, -0.1) is 0 Å². The molecule has 2 N–H and O–H groups in total. The molecule has 0 saturated carbocycles. The SMILES string of the molecule is CC.O=C(O)c1cc2c(Br)cc(F)cc2[nH]1. The lowest BCUT2D eigenvalue weighted by Gasteiger charge is -1.93. The summed E-state index contributed by atoms with van der Waals surface area (Å²) in [6.07, 6.45) is 0. The summed E-state index contributed by atoms with van der Waals surface area (Å²) in [4.78, 5) is 13.2. The molecule has 1 aromatic carbocycles. The molecular formula is C11H11BrFNO2. The van der Waals surface area contributed by atoms with E-state index in [1.54, 1.807) is 0 Å². The Bertz CT molecular complexity index is 522. The number of aromatic carboxylic acids is 1. The Balaban J connectivity index is 0.000000606. The van der Waals surface area contributed by atoms with Crippen LogP contribution in [0.2, 0.25) is 0 Å². The predicted molar refractivity (Wildman–Crippen MR) is 64.3 cm³/mol.